The zero-order valence-corrected chi connectivity index (χ0v) is 17.4. The van der Waals surface area contributed by atoms with Gasteiger partial charge in [-0.3, -0.25) is 14.8 Å². The first-order chi connectivity index (χ1) is 14.4. The summed E-state index contributed by atoms with van der Waals surface area (Å²) in [6, 6.07) is 11.4. The highest BCUT2D eigenvalue weighted by Crippen LogP contribution is 2.33. The van der Waals surface area contributed by atoms with E-state index in [2.05, 4.69) is 25.3 Å². The molecule has 0 saturated heterocycles. The molecule has 154 valence electrons. The first-order valence-electron chi connectivity index (χ1n) is 9.55. The number of nitrogens with zero attached hydrogens (tertiary/aromatic N) is 4. The first-order valence-corrected chi connectivity index (χ1v) is 9.55. The van der Waals surface area contributed by atoms with Crippen molar-refractivity contribution < 1.29 is 9.53 Å². The molecule has 30 heavy (non-hydrogen) atoms. The minimum atomic E-state index is -0.229. The Morgan fingerprint density at radius 1 is 1.20 bits per heavy atom. The van der Waals surface area contributed by atoms with Crippen molar-refractivity contribution in [3.05, 3.63) is 59.9 Å². The number of ether oxygens (including phenoxy) is 1. The number of carbonyl (C=O) groups is 1. The van der Waals surface area contributed by atoms with Gasteiger partial charge in [0.15, 0.2) is 0 Å². The minimum absolute atomic E-state index is 0.229. The number of anilines is 1. The van der Waals surface area contributed by atoms with E-state index >= 15 is 0 Å². The number of nitrogens with one attached hydrogen (secondary N) is 2. The van der Waals surface area contributed by atoms with Gasteiger partial charge in [0, 0.05) is 36.5 Å². The van der Waals surface area contributed by atoms with Crippen LogP contribution in [-0.4, -0.2) is 51.8 Å². The molecule has 2 aromatic heterocycles. The number of amides is 1. The van der Waals surface area contributed by atoms with E-state index in [0.717, 1.165) is 28.8 Å². The molecule has 2 heterocycles. The summed E-state index contributed by atoms with van der Waals surface area (Å²) in [7, 11) is 7.49. The molecule has 0 aliphatic rings. The number of aromatic amines is 1. The van der Waals surface area contributed by atoms with Crippen LogP contribution in [-0.2, 0) is 13.6 Å². The Morgan fingerprint density at radius 3 is 2.60 bits per heavy atom. The molecule has 0 atom stereocenters. The summed E-state index contributed by atoms with van der Waals surface area (Å²) in [6.07, 6.45) is 3.70. The zero-order chi connectivity index (χ0) is 21.3. The van der Waals surface area contributed by atoms with Crippen molar-refractivity contribution in [3.63, 3.8) is 0 Å². The summed E-state index contributed by atoms with van der Waals surface area (Å²) in [4.78, 5) is 22.6. The number of hydrogen-bond donors (Lipinski definition) is 2. The van der Waals surface area contributed by atoms with Gasteiger partial charge in [0.25, 0.3) is 5.91 Å². The normalized spacial score (nSPS) is 11.2. The number of H-pyrrole nitrogens is 1. The highest BCUT2D eigenvalue weighted by atomic mass is 16.5. The number of benzene rings is 2. The van der Waals surface area contributed by atoms with Gasteiger partial charge in [0.05, 0.1) is 13.3 Å². The summed E-state index contributed by atoms with van der Waals surface area (Å²) in [6.45, 7) is 0.822. The predicted octanol–water partition coefficient (Wildman–Crippen LogP) is 3.29. The van der Waals surface area contributed by atoms with Crippen LogP contribution in [0.2, 0.25) is 0 Å². The second-order valence-corrected chi connectivity index (χ2v) is 7.42. The molecule has 8 heteroatoms. The Bertz CT molecular complexity index is 1190. The standard InChI is InChI=1S/C22H24N6O2/c1-27(2)12-14-5-7-15(8-6-14)21(29)26-22-24-19-17(16-11-23-28(3)13-16)9-10-18(30-4)20(19)25-22/h5-11,13H,12H2,1-4H3,(H2,24,25,26,29). The maximum Gasteiger partial charge on any atom is 0.257 e. The van der Waals surface area contributed by atoms with E-state index in [9.17, 15) is 4.79 Å². The highest BCUT2D eigenvalue weighted by Gasteiger charge is 2.16. The number of aryl methyl sites for hydroxylation is 1. The lowest BCUT2D eigenvalue weighted by atomic mass is 10.1. The Morgan fingerprint density at radius 2 is 1.97 bits per heavy atom. The van der Waals surface area contributed by atoms with Gasteiger partial charge in [-0.1, -0.05) is 12.1 Å². The van der Waals surface area contributed by atoms with E-state index in [1.165, 1.54) is 0 Å². The van der Waals surface area contributed by atoms with Crippen molar-refractivity contribution in [3.8, 4) is 16.9 Å². The van der Waals surface area contributed by atoms with Gasteiger partial charge in [-0.25, -0.2) is 4.98 Å². The third-order valence-electron chi connectivity index (χ3n) is 4.79. The van der Waals surface area contributed by atoms with E-state index in [-0.39, 0.29) is 5.91 Å². The molecule has 0 unspecified atom stereocenters. The molecule has 0 bridgehead atoms. The van der Waals surface area contributed by atoms with Crippen molar-refractivity contribution in [2.75, 3.05) is 26.5 Å². The smallest absolute Gasteiger partial charge is 0.257 e. The van der Waals surface area contributed by atoms with Crippen LogP contribution in [0.25, 0.3) is 22.2 Å². The lowest BCUT2D eigenvalue weighted by Crippen LogP contribution is -2.14. The summed E-state index contributed by atoms with van der Waals surface area (Å²) < 4.78 is 7.20. The third kappa shape index (κ3) is 3.90. The topological polar surface area (TPSA) is 88.1 Å². The molecule has 4 rings (SSSR count). The Hall–Kier alpha value is -3.65. The molecule has 4 aromatic rings. The predicted molar refractivity (Wildman–Crippen MR) is 117 cm³/mol. The summed E-state index contributed by atoms with van der Waals surface area (Å²) >= 11 is 0. The Labute approximate surface area is 174 Å². The molecule has 0 radical (unpaired) electrons. The molecule has 0 aliphatic carbocycles. The summed E-state index contributed by atoms with van der Waals surface area (Å²) in [5.74, 6) is 0.785. The molecule has 0 saturated carbocycles. The third-order valence-corrected chi connectivity index (χ3v) is 4.79. The van der Waals surface area contributed by atoms with Gasteiger partial charge in [0.1, 0.15) is 16.8 Å². The van der Waals surface area contributed by atoms with Gasteiger partial charge < -0.3 is 14.6 Å². The second kappa shape index (κ2) is 8.00. The number of methoxy groups -OCH3 is 1. The number of imidazole rings is 1. The van der Waals surface area contributed by atoms with E-state index in [1.807, 2.05) is 63.7 Å². The highest BCUT2D eigenvalue weighted by molar-refractivity contribution is 6.05. The molecule has 1 amide bonds. The molecule has 2 aromatic carbocycles. The fourth-order valence-electron chi connectivity index (χ4n) is 3.40. The SMILES string of the molecule is COc1ccc(-c2cnn(C)c2)c2nc(NC(=O)c3ccc(CN(C)C)cc3)[nH]c12. The van der Waals surface area contributed by atoms with Gasteiger partial charge in [-0.05, 0) is 43.9 Å². The number of rotatable bonds is 6. The van der Waals surface area contributed by atoms with Gasteiger partial charge >= 0.3 is 0 Å². The molecule has 8 nitrogen and oxygen atoms in total. The lowest BCUT2D eigenvalue weighted by molar-refractivity contribution is 0.102. The molecular formula is C22H24N6O2. The van der Waals surface area contributed by atoms with E-state index < -0.39 is 0 Å². The average Bonchev–Trinajstić information content (AvgIpc) is 3.33. The van der Waals surface area contributed by atoms with Crippen molar-refractivity contribution in [1.82, 2.24) is 24.6 Å². The van der Waals surface area contributed by atoms with Crippen LogP contribution >= 0.6 is 0 Å². The van der Waals surface area contributed by atoms with Crippen LogP contribution < -0.4 is 10.1 Å². The average molecular weight is 404 g/mol. The van der Waals surface area contributed by atoms with E-state index in [1.54, 1.807) is 18.0 Å². The summed E-state index contributed by atoms with van der Waals surface area (Å²) in [5, 5.41) is 7.09. The van der Waals surface area contributed by atoms with Crippen LogP contribution in [0.4, 0.5) is 5.95 Å². The Kier molecular flexibility index (Phi) is 5.24. The maximum absolute atomic E-state index is 12.7. The quantitative estimate of drug-likeness (QED) is 0.515. The minimum Gasteiger partial charge on any atom is -0.494 e. The molecular weight excluding hydrogens is 380 g/mol. The number of hydrogen-bond acceptors (Lipinski definition) is 5. The van der Waals surface area contributed by atoms with E-state index in [4.69, 9.17) is 4.74 Å². The molecule has 0 fully saturated rings. The van der Waals surface area contributed by atoms with Crippen LogP contribution in [0.3, 0.4) is 0 Å². The lowest BCUT2D eigenvalue weighted by Gasteiger charge is -2.09. The van der Waals surface area contributed by atoms with Crippen LogP contribution in [0.15, 0.2) is 48.8 Å². The fourth-order valence-corrected chi connectivity index (χ4v) is 3.40. The van der Waals surface area contributed by atoms with Crippen LogP contribution in [0.5, 0.6) is 5.75 Å². The number of aromatic nitrogens is 4. The van der Waals surface area contributed by atoms with Crippen LogP contribution in [0, 0.1) is 0 Å². The zero-order valence-electron chi connectivity index (χ0n) is 17.4. The molecule has 0 spiro atoms. The summed E-state index contributed by atoms with van der Waals surface area (Å²) in [5.41, 5.74) is 4.98. The fraction of sp³-hybridized carbons (Fsp3) is 0.227. The van der Waals surface area contributed by atoms with E-state index in [0.29, 0.717) is 22.8 Å². The molecule has 0 aliphatic heterocycles. The van der Waals surface area contributed by atoms with Crippen LogP contribution in [0.1, 0.15) is 15.9 Å². The van der Waals surface area contributed by atoms with Crippen molar-refractivity contribution in [2.45, 2.75) is 6.54 Å². The van der Waals surface area contributed by atoms with Crippen molar-refractivity contribution in [2.24, 2.45) is 7.05 Å². The molecule has 2 N–H and O–H groups in total. The number of carbonyl (C=O) groups excluding carboxylic acids is 1. The van der Waals surface area contributed by atoms with Crippen molar-refractivity contribution in [1.29, 1.82) is 0 Å². The maximum atomic E-state index is 12.7. The monoisotopic (exact) mass is 404 g/mol. The van der Waals surface area contributed by atoms with Gasteiger partial charge in [-0.2, -0.15) is 5.10 Å². The Balaban J connectivity index is 1.64. The number of fused-ring (bicyclic) bond motifs is 1. The van der Waals surface area contributed by atoms with Gasteiger partial charge in [-0.15, -0.1) is 0 Å². The largest absolute Gasteiger partial charge is 0.494 e. The van der Waals surface area contributed by atoms with Gasteiger partial charge in [0.2, 0.25) is 5.95 Å². The first kappa shape index (κ1) is 19.7. The second-order valence-electron chi connectivity index (χ2n) is 7.42. The van der Waals surface area contributed by atoms with Crippen molar-refractivity contribution >= 4 is 22.9 Å².